The lowest BCUT2D eigenvalue weighted by Crippen LogP contribution is -2.27. The number of rotatable bonds is 9. The fraction of sp³-hybridized carbons (Fsp3) is 0.333. The third-order valence-corrected chi connectivity index (χ3v) is 6.21. The van der Waals surface area contributed by atoms with Crippen LogP contribution in [0.1, 0.15) is 36.7 Å². The van der Waals surface area contributed by atoms with Gasteiger partial charge in [-0.1, -0.05) is 18.5 Å². The van der Waals surface area contributed by atoms with E-state index in [0.717, 1.165) is 0 Å². The number of carbonyl (C=O) groups excluding carboxylic acids is 2. The fourth-order valence-corrected chi connectivity index (χ4v) is 3.97. The first-order valence-corrected chi connectivity index (χ1v) is 11.6. The van der Waals surface area contributed by atoms with Crippen molar-refractivity contribution in [2.75, 3.05) is 17.6 Å². The average Bonchev–Trinajstić information content (AvgIpc) is 2.67. The lowest BCUT2D eigenvalue weighted by atomic mass is 10.2. The second-order valence-corrected chi connectivity index (χ2v) is 9.38. The van der Waals surface area contributed by atoms with Gasteiger partial charge in [-0.2, -0.15) is 0 Å². The predicted octanol–water partition coefficient (Wildman–Crippen LogP) is 3.22. The summed E-state index contributed by atoms with van der Waals surface area (Å²) in [5, 5.41) is 5.55. The van der Waals surface area contributed by atoms with E-state index in [0.29, 0.717) is 23.6 Å². The molecule has 0 radical (unpaired) electrons. The summed E-state index contributed by atoms with van der Waals surface area (Å²) in [6.07, 6.45) is 2.25. The Morgan fingerprint density at radius 2 is 1.90 bits per heavy atom. The molecule has 0 fully saturated rings. The van der Waals surface area contributed by atoms with E-state index in [1.807, 2.05) is 0 Å². The van der Waals surface area contributed by atoms with Crippen molar-refractivity contribution >= 4 is 54.9 Å². The first kappa shape index (κ1) is 23.2. The summed E-state index contributed by atoms with van der Waals surface area (Å²) in [4.78, 5) is 31.9. The minimum Gasteiger partial charge on any atom is -0.351 e. The van der Waals surface area contributed by atoms with E-state index >= 15 is 0 Å². The van der Waals surface area contributed by atoms with Crippen LogP contribution in [0.4, 0.5) is 5.69 Å². The SMILES string of the molecule is CCCS(=O)(=O)c1ncc(Br)c(C(=O)NCCCC(=O)Nc2ccc(Cl)cc2)n1. The lowest BCUT2D eigenvalue weighted by Gasteiger charge is -2.08. The summed E-state index contributed by atoms with van der Waals surface area (Å²) in [7, 11) is -3.64. The molecule has 2 rings (SSSR count). The molecule has 0 saturated heterocycles. The molecular formula is C18H20BrClN4O4S. The molecule has 0 aliphatic heterocycles. The zero-order chi connectivity index (χ0) is 21.4. The van der Waals surface area contributed by atoms with Crippen molar-refractivity contribution in [2.45, 2.75) is 31.3 Å². The van der Waals surface area contributed by atoms with Gasteiger partial charge in [0.1, 0.15) is 5.69 Å². The Morgan fingerprint density at radius 1 is 1.21 bits per heavy atom. The molecule has 1 aromatic carbocycles. The second-order valence-electron chi connectivity index (χ2n) is 6.08. The summed E-state index contributed by atoms with van der Waals surface area (Å²) in [6, 6.07) is 6.73. The minimum atomic E-state index is -3.64. The molecule has 0 atom stereocenters. The number of halogens is 2. The van der Waals surface area contributed by atoms with Crippen LogP contribution in [-0.4, -0.2) is 42.5 Å². The number of carbonyl (C=O) groups is 2. The van der Waals surface area contributed by atoms with Gasteiger partial charge >= 0.3 is 0 Å². The number of hydrogen-bond acceptors (Lipinski definition) is 6. The molecule has 0 bridgehead atoms. The Labute approximate surface area is 182 Å². The van der Waals surface area contributed by atoms with Gasteiger partial charge in [0.25, 0.3) is 5.91 Å². The molecule has 0 unspecified atom stereocenters. The molecule has 156 valence electrons. The van der Waals surface area contributed by atoms with E-state index in [2.05, 4.69) is 36.5 Å². The highest BCUT2D eigenvalue weighted by atomic mass is 79.9. The Hall–Kier alpha value is -2.04. The van der Waals surface area contributed by atoms with E-state index in [-0.39, 0.29) is 39.9 Å². The van der Waals surface area contributed by atoms with Crippen LogP contribution in [0.3, 0.4) is 0 Å². The molecular weight excluding hydrogens is 484 g/mol. The molecule has 8 nitrogen and oxygen atoms in total. The van der Waals surface area contributed by atoms with Crippen LogP contribution in [-0.2, 0) is 14.6 Å². The quantitative estimate of drug-likeness (QED) is 0.401. The van der Waals surface area contributed by atoms with Crippen molar-refractivity contribution in [1.29, 1.82) is 0 Å². The molecule has 2 aromatic rings. The van der Waals surface area contributed by atoms with Gasteiger partial charge in [-0.3, -0.25) is 9.59 Å². The number of sulfone groups is 1. The van der Waals surface area contributed by atoms with Crippen molar-refractivity contribution in [3.05, 3.63) is 45.7 Å². The summed E-state index contributed by atoms with van der Waals surface area (Å²) in [6.45, 7) is 1.95. The number of nitrogens with zero attached hydrogens (tertiary/aromatic N) is 2. The molecule has 0 aliphatic rings. The van der Waals surface area contributed by atoms with Gasteiger partial charge in [-0.15, -0.1) is 0 Å². The lowest BCUT2D eigenvalue weighted by molar-refractivity contribution is -0.116. The highest BCUT2D eigenvalue weighted by Gasteiger charge is 2.21. The van der Waals surface area contributed by atoms with Gasteiger partial charge in [0.15, 0.2) is 0 Å². The molecule has 11 heteroatoms. The highest BCUT2D eigenvalue weighted by Crippen LogP contribution is 2.16. The van der Waals surface area contributed by atoms with Gasteiger partial charge in [0.05, 0.1) is 10.2 Å². The Morgan fingerprint density at radius 3 is 2.55 bits per heavy atom. The normalized spacial score (nSPS) is 11.1. The summed E-state index contributed by atoms with van der Waals surface area (Å²) >= 11 is 8.95. The highest BCUT2D eigenvalue weighted by molar-refractivity contribution is 9.10. The summed E-state index contributed by atoms with van der Waals surface area (Å²) < 4.78 is 24.5. The standard InChI is InChI=1S/C18H20BrClN4O4S/c1-2-10-29(27,28)18-22-11-14(19)16(24-18)17(26)21-9-3-4-15(25)23-13-7-5-12(20)6-8-13/h5-8,11H,2-4,9-10H2,1H3,(H,21,26)(H,23,25). The van der Waals surface area contributed by atoms with Crippen molar-refractivity contribution in [2.24, 2.45) is 0 Å². The number of benzene rings is 1. The van der Waals surface area contributed by atoms with E-state index in [9.17, 15) is 18.0 Å². The number of aromatic nitrogens is 2. The van der Waals surface area contributed by atoms with E-state index in [4.69, 9.17) is 11.6 Å². The number of anilines is 1. The number of hydrogen-bond donors (Lipinski definition) is 2. The topological polar surface area (TPSA) is 118 Å². The fourth-order valence-electron chi connectivity index (χ4n) is 2.31. The summed E-state index contributed by atoms with van der Waals surface area (Å²) in [5.74, 6) is -0.846. The van der Waals surface area contributed by atoms with E-state index < -0.39 is 15.7 Å². The molecule has 29 heavy (non-hydrogen) atoms. The van der Waals surface area contributed by atoms with Crippen molar-refractivity contribution < 1.29 is 18.0 Å². The Bertz CT molecular complexity index is 984. The van der Waals surface area contributed by atoms with Crippen LogP contribution in [0, 0.1) is 0 Å². The van der Waals surface area contributed by atoms with Crippen LogP contribution < -0.4 is 10.6 Å². The molecule has 0 spiro atoms. The van der Waals surface area contributed by atoms with E-state index in [1.54, 1.807) is 31.2 Å². The zero-order valence-electron chi connectivity index (χ0n) is 15.6. The van der Waals surface area contributed by atoms with Crippen molar-refractivity contribution in [3.8, 4) is 0 Å². The molecule has 1 heterocycles. The molecule has 1 aromatic heterocycles. The second kappa shape index (κ2) is 10.7. The monoisotopic (exact) mass is 502 g/mol. The molecule has 0 aliphatic carbocycles. The first-order chi connectivity index (χ1) is 13.7. The maximum atomic E-state index is 12.3. The minimum absolute atomic E-state index is 0.0692. The maximum absolute atomic E-state index is 12.3. The third kappa shape index (κ3) is 7.06. The van der Waals surface area contributed by atoms with Gasteiger partial charge in [-0.25, -0.2) is 18.4 Å². The largest absolute Gasteiger partial charge is 0.351 e. The maximum Gasteiger partial charge on any atom is 0.271 e. The smallest absolute Gasteiger partial charge is 0.271 e. The van der Waals surface area contributed by atoms with Crippen LogP contribution in [0.15, 0.2) is 40.1 Å². The van der Waals surface area contributed by atoms with Gasteiger partial charge in [-0.05, 0) is 53.0 Å². The zero-order valence-corrected chi connectivity index (χ0v) is 18.8. The molecule has 0 saturated carbocycles. The Kier molecular flexibility index (Phi) is 8.54. The molecule has 2 amide bonds. The van der Waals surface area contributed by atoms with Gasteiger partial charge in [0, 0.05) is 29.9 Å². The number of amides is 2. The summed E-state index contributed by atoms with van der Waals surface area (Å²) in [5.41, 5.74) is 0.564. The van der Waals surface area contributed by atoms with Crippen molar-refractivity contribution in [3.63, 3.8) is 0 Å². The van der Waals surface area contributed by atoms with Crippen molar-refractivity contribution in [1.82, 2.24) is 15.3 Å². The van der Waals surface area contributed by atoms with Gasteiger partial charge in [0.2, 0.25) is 20.9 Å². The Balaban J connectivity index is 1.87. The van der Waals surface area contributed by atoms with Crippen LogP contribution >= 0.6 is 27.5 Å². The first-order valence-electron chi connectivity index (χ1n) is 8.82. The number of nitrogens with one attached hydrogen (secondary N) is 2. The van der Waals surface area contributed by atoms with Crippen LogP contribution in [0.2, 0.25) is 5.02 Å². The van der Waals surface area contributed by atoms with Gasteiger partial charge < -0.3 is 10.6 Å². The van der Waals surface area contributed by atoms with Crippen LogP contribution in [0.5, 0.6) is 0 Å². The predicted molar refractivity (Wildman–Crippen MR) is 114 cm³/mol. The average molecular weight is 504 g/mol. The third-order valence-electron chi connectivity index (χ3n) is 3.68. The van der Waals surface area contributed by atoms with Crippen LogP contribution in [0.25, 0.3) is 0 Å². The van der Waals surface area contributed by atoms with E-state index in [1.165, 1.54) is 6.20 Å². The molecule has 2 N–H and O–H groups in total.